The number of rotatable bonds is 5. The molecular formula is C48H37N3S. The van der Waals surface area contributed by atoms with Crippen molar-refractivity contribution in [3.8, 4) is 11.1 Å². The molecule has 1 N–H and O–H groups in total. The maximum Gasteiger partial charge on any atom is 0.0897 e. The molecule has 11 rings (SSSR count). The second-order valence-electron chi connectivity index (χ2n) is 14.5. The highest BCUT2D eigenvalue weighted by Gasteiger charge is 2.39. The number of quaternary nitrogens is 1. The molecule has 3 unspecified atom stereocenters. The molecule has 0 saturated carbocycles. The van der Waals surface area contributed by atoms with Crippen molar-refractivity contribution in [2.45, 2.75) is 37.6 Å². The lowest BCUT2D eigenvalue weighted by atomic mass is 9.91. The summed E-state index contributed by atoms with van der Waals surface area (Å²) in [5.41, 5.74) is 9.16. The molecule has 4 heteroatoms. The van der Waals surface area contributed by atoms with Crippen LogP contribution < -0.4 is 4.90 Å². The van der Waals surface area contributed by atoms with E-state index in [1.54, 1.807) is 4.90 Å². The van der Waals surface area contributed by atoms with Crippen molar-refractivity contribution >= 4 is 69.8 Å². The van der Waals surface area contributed by atoms with Gasteiger partial charge >= 0.3 is 0 Å². The van der Waals surface area contributed by atoms with Crippen molar-refractivity contribution in [3.63, 3.8) is 0 Å². The van der Waals surface area contributed by atoms with Crippen LogP contribution >= 0.6 is 11.3 Å². The summed E-state index contributed by atoms with van der Waals surface area (Å²) in [6.45, 7) is 0. The summed E-state index contributed by atoms with van der Waals surface area (Å²) in [5, 5.41) is 13.3. The zero-order chi connectivity index (χ0) is 34.2. The molecule has 3 nitrogen and oxygen atoms in total. The third-order valence-corrected chi connectivity index (χ3v) is 12.8. The van der Waals surface area contributed by atoms with Crippen molar-refractivity contribution in [3.05, 3.63) is 180 Å². The highest BCUT2D eigenvalue weighted by Crippen LogP contribution is 2.43. The van der Waals surface area contributed by atoms with Gasteiger partial charge in [0.15, 0.2) is 0 Å². The van der Waals surface area contributed by atoms with Crippen molar-refractivity contribution in [1.29, 1.82) is 0 Å². The maximum absolute atomic E-state index is 5.30. The molecule has 0 radical (unpaired) electrons. The molecule has 1 saturated heterocycles. The molecule has 0 bridgehead atoms. The first-order valence-corrected chi connectivity index (χ1v) is 19.3. The third-order valence-electron chi connectivity index (χ3n) is 11.7. The second kappa shape index (κ2) is 12.0. The minimum Gasteiger partial charge on any atom is -0.549 e. The fourth-order valence-electron chi connectivity index (χ4n) is 9.17. The van der Waals surface area contributed by atoms with Crippen molar-refractivity contribution in [2.75, 3.05) is 0 Å². The number of fused-ring (bicyclic) bond motifs is 8. The summed E-state index contributed by atoms with van der Waals surface area (Å²) in [6.07, 6.45) is 6.10. The zero-order valence-corrected chi connectivity index (χ0v) is 29.6. The zero-order valence-electron chi connectivity index (χ0n) is 28.7. The van der Waals surface area contributed by atoms with E-state index in [0.29, 0.717) is 6.04 Å². The van der Waals surface area contributed by atoms with Gasteiger partial charge in [0.2, 0.25) is 0 Å². The lowest BCUT2D eigenvalue weighted by Crippen LogP contribution is -3.21. The summed E-state index contributed by atoms with van der Waals surface area (Å²) in [4.78, 5) is 1.58. The number of hydrogen-bond acceptors (Lipinski definition) is 1. The van der Waals surface area contributed by atoms with E-state index in [4.69, 9.17) is 5.32 Å². The molecule has 52 heavy (non-hydrogen) atoms. The molecule has 3 atom stereocenters. The van der Waals surface area contributed by atoms with E-state index >= 15 is 0 Å². The number of benzene rings is 7. The van der Waals surface area contributed by atoms with E-state index in [9.17, 15) is 0 Å². The number of thiophene rings is 1. The molecule has 7 aromatic carbocycles. The number of nitrogens with one attached hydrogen (secondary N) is 1. The molecule has 1 fully saturated rings. The summed E-state index contributed by atoms with van der Waals surface area (Å²) in [5.74, 6) is 0. The normalized spacial score (nSPS) is 20.5. The molecule has 3 heterocycles. The Morgan fingerprint density at radius 2 is 1.19 bits per heavy atom. The Labute approximate surface area is 307 Å². The first kappa shape index (κ1) is 30.1. The maximum atomic E-state index is 5.30. The van der Waals surface area contributed by atoms with Crippen molar-refractivity contribution < 1.29 is 4.90 Å². The van der Waals surface area contributed by atoms with Crippen LogP contribution in [-0.4, -0.2) is 10.6 Å². The lowest BCUT2D eigenvalue weighted by molar-refractivity contribution is -1.01. The number of aromatic nitrogens is 1. The number of nitrogens with zero attached hydrogens (tertiary/aromatic N) is 2. The predicted octanol–water partition coefficient (Wildman–Crippen LogP) is 12.0. The Hall–Kier alpha value is -5.52. The average molecular weight is 688 g/mol. The smallest absolute Gasteiger partial charge is 0.0897 e. The summed E-state index contributed by atoms with van der Waals surface area (Å²) in [7, 11) is 0. The number of allylic oxidation sites excluding steroid dienone is 1. The van der Waals surface area contributed by atoms with Gasteiger partial charge in [-0.1, -0.05) is 127 Å². The standard InChI is InChI=1S/C48H36N3S/c1-3-12-32(13-4-1)47-49-48(33-14-5-2-6-15-33)51(47)37-24-22-36(23-25-37)50-42-26-20-34(30-41(42)46-38-16-8-7-11-31(38)19-27-43(46)50)35-21-28-45-40(29-35)39-17-9-10-18-44(39)52-45/h1-22,26-30,37,47-48H,23-25H2/q-1/p+1. The minimum atomic E-state index is 0.177. The van der Waals surface area contributed by atoms with Gasteiger partial charge in [0, 0.05) is 61.8 Å². The van der Waals surface area contributed by atoms with Gasteiger partial charge in [0.1, 0.15) is 0 Å². The highest BCUT2D eigenvalue weighted by molar-refractivity contribution is 7.25. The van der Waals surface area contributed by atoms with Gasteiger partial charge in [-0.15, -0.1) is 11.3 Å². The Morgan fingerprint density at radius 1 is 0.558 bits per heavy atom. The molecule has 1 aliphatic heterocycles. The Morgan fingerprint density at radius 3 is 1.94 bits per heavy atom. The van der Waals surface area contributed by atoms with E-state index in [-0.39, 0.29) is 12.3 Å². The first-order valence-electron chi connectivity index (χ1n) is 18.5. The van der Waals surface area contributed by atoms with Crippen LogP contribution in [0, 0.1) is 0 Å². The van der Waals surface area contributed by atoms with Crippen molar-refractivity contribution in [1.82, 2.24) is 4.57 Å². The van der Waals surface area contributed by atoms with E-state index in [2.05, 4.69) is 168 Å². The van der Waals surface area contributed by atoms with Gasteiger partial charge in [-0.05, 0) is 75.8 Å². The highest BCUT2D eigenvalue weighted by atomic mass is 32.1. The van der Waals surface area contributed by atoms with Crippen molar-refractivity contribution in [2.24, 2.45) is 0 Å². The van der Waals surface area contributed by atoms with E-state index in [0.717, 1.165) is 19.3 Å². The Bertz CT molecular complexity index is 2780. The average Bonchev–Trinajstić information content (AvgIpc) is 3.74. The fourth-order valence-corrected chi connectivity index (χ4v) is 10.3. The Kier molecular flexibility index (Phi) is 6.97. The topological polar surface area (TPSA) is 23.5 Å². The molecule has 1 aliphatic carbocycles. The van der Waals surface area contributed by atoms with Crippen LogP contribution in [0.25, 0.3) is 74.9 Å². The van der Waals surface area contributed by atoms with Gasteiger partial charge in [0.25, 0.3) is 0 Å². The van der Waals surface area contributed by atoms with Crippen LogP contribution in [0.3, 0.4) is 0 Å². The van der Waals surface area contributed by atoms with Gasteiger partial charge in [-0.2, -0.15) is 0 Å². The van der Waals surface area contributed by atoms with Crippen LogP contribution in [0.2, 0.25) is 0 Å². The van der Waals surface area contributed by atoms with Crippen LogP contribution in [-0.2, 0) is 0 Å². The molecule has 2 aromatic heterocycles. The quantitative estimate of drug-likeness (QED) is 0.186. The molecule has 2 aliphatic rings. The van der Waals surface area contributed by atoms with E-state index in [1.165, 1.54) is 80.7 Å². The second-order valence-corrected chi connectivity index (χ2v) is 15.6. The monoisotopic (exact) mass is 687 g/mol. The minimum absolute atomic E-state index is 0.177. The third kappa shape index (κ3) is 4.72. The fraction of sp³-hybridized carbons (Fsp3) is 0.125. The molecule has 0 spiro atoms. The Balaban J connectivity index is 1.01. The predicted molar refractivity (Wildman–Crippen MR) is 220 cm³/mol. The van der Waals surface area contributed by atoms with E-state index in [1.807, 2.05) is 11.3 Å². The van der Waals surface area contributed by atoms with Crippen LogP contribution in [0.4, 0.5) is 0 Å². The SMILES string of the molecule is C1=C(n2c3ccc(-c4ccc5sc6ccccc6c5c4)cc3c3c4ccccc4ccc32)CCC([NH+]2C(c3ccccc3)[N-]C2c2ccccc2)C1. The van der Waals surface area contributed by atoms with E-state index < -0.39 is 0 Å². The van der Waals surface area contributed by atoms with Gasteiger partial charge < -0.3 is 14.8 Å². The molecule has 250 valence electrons. The number of hydrogen-bond donors (Lipinski definition) is 1. The van der Waals surface area contributed by atoms with Gasteiger partial charge in [0.05, 0.1) is 17.1 Å². The summed E-state index contributed by atoms with van der Waals surface area (Å²) in [6, 6.07) is 58.8. The van der Waals surface area contributed by atoms with Crippen LogP contribution in [0.1, 0.15) is 42.7 Å². The van der Waals surface area contributed by atoms with Crippen LogP contribution in [0.15, 0.2) is 164 Å². The first-order chi connectivity index (χ1) is 25.8. The van der Waals surface area contributed by atoms with Crippen LogP contribution in [0.5, 0.6) is 0 Å². The summed E-state index contributed by atoms with van der Waals surface area (Å²) >= 11 is 1.88. The van der Waals surface area contributed by atoms with Gasteiger partial charge in [-0.3, -0.25) is 0 Å². The molecule has 9 aromatic rings. The largest absolute Gasteiger partial charge is 0.549 e. The lowest BCUT2D eigenvalue weighted by Gasteiger charge is -2.61. The molecular weight excluding hydrogens is 651 g/mol. The van der Waals surface area contributed by atoms with Gasteiger partial charge in [-0.25, -0.2) is 0 Å². The summed E-state index contributed by atoms with van der Waals surface area (Å²) < 4.78 is 5.26. The molecule has 0 amide bonds.